The smallest absolute Gasteiger partial charge is 0.0438 e. The first kappa shape index (κ1) is 15.4. The molecule has 0 amide bonds. The summed E-state index contributed by atoms with van der Waals surface area (Å²) in [6.45, 7) is 7.12. The molecule has 0 bridgehead atoms. The van der Waals surface area contributed by atoms with Crippen LogP contribution in [0.25, 0.3) is 0 Å². The van der Waals surface area contributed by atoms with Crippen molar-refractivity contribution in [3.63, 3.8) is 0 Å². The monoisotopic (exact) mass is 342 g/mol. The molecule has 0 aliphatic heterocycles. The van der Waals surface area contributed by atoms with Crippen LogP contribution in [0.3, 0.4) is 0 Å². The fourth-order valence-corrected chi connectivity index (χ4v) is 4.05. The van der Waals surface area contributed by atoms with Crippen LogP contribution in [-0.2, 0) is 6.42 Å². The van der Waals surface area contributed by atoms with E-state index >= 15 is 0 Å². The third-order valence-electron chi connectivity index (χ3n) is 4.55. The Labute approximate surface area is 131 Å². The van der Waals surface area contributed by atoms with Crippen LogP contribution in [0.15, 0.2) is 24.3 Å². The van der Waals surface area contributed by atoms with Crippen molar-refractivity contribution in [2.24, 2.45) is 17.3 Å². The van der Waals surface area contributed by atoms with Crippen molar-refractivity contribution in [3.05, 3.63) is 34.9 Å². The maximum atomic E-state index is 6.30. The van der Waals surface area contributed by atoms with Gasteiger partial charge in [0, 0.05) is 9.85 Å². The molecule has 0 heterocycles. The number of hydrogen-bond acceptors (Lipinski definition) is 0. The highest BCUT2D eigenvalue weighted by Crippen LogP contribution is 2.43. The zero-order valence-electron chi connectivity index (χ0n) is 12.1. The summed E-state index contributed by atoms with van der Waals surface area (Å²) in [4.78, 5) is 0.641. The highest BCUT2D eigenvalue weighted by Gasteiger charge is 2.34. The van der Waals surface area contributed by atoms with Crippen molar-refractivity contribution in [2.45, 2.75) is 51.3 Å². The van der Waals surface area contributed by atoms with E-state index in [2.05, 4.69) is 48.8 Å². The average Bonchev–Trinajstić information content (AvgIpc) is 2.33. The normalized spacial score (nSPS) is 28.4. The molecule has 19 heavy (non-hydrogen) atoms. The Kier molecular flexibility index (Phi) is 5.00. The van der Waals surface area contributed by atoms with Crippen molar-refractivity contribution < 1.29 is 0 Å². The minimum absolute atomic E-state index is 0.422. The molecule has 0 radical (unpaired) electrons. The van der Waals surface area contributed by atoms with Gasteiger partial charge in [0.2, 0.25) is 0 Å². The van der Waals surface area contributed by atoms with E-state index in [-0.39, 0.29) is 0 Å². The molecule has 0 spiro atoms. The van der Waals surface area contributed by atoms with Crippen molar-refractivity contribution >= 4 is 27.5 Å². The Morgan fingerprint density at radius 2 is 1.89 bits per heavy atom. The molecule has 0 N–H and O–H groups in total. The lowest BCUT2D eigenvalue weighted by Gasteiger charge is -2.40. The van der Waals surface area contributed by atoms with E-state index in [1.807, 2.05) is 12.1 Å². The van der Waals surface area contributed by atoms with Crippen LogP contribution in [0.5, 0.6) is 0 Å². The van der Waals surface area contributed by atoms with Crippen LogP contribution in [0.1, 0.15) is 45.6 Å². The SMILES string of the molecule is CC(C)(C)C1CCC(Br)C(Cc2ccccc2Cl)C1. The second-order valence-corrected chi connectivity index (χ2v) is 8.53. The first-order valence-electron chi connectivity index (χ1n) is 7.25. The van der Waals surface area contributed by atoms with Gasteiger partial charge in [0.15, 0.2) is 0 Å². The Hall–Kier alpha value is -0.0100. The number of benzene rings is 1. The van der Waals surface area contributed by atoms with Crippen LogP contribution in [-0.4, -0.2) is 4.83 Å². The molecule has 2 rings (SSSR count). The van der Waals surface area contributed by atoms with E-state index in [0.29, 0.717) is 16.2 Å². The fourth-order valence-electron chi connectivity index (χ4n) is 3.17. The lowest BCUT2D eigenvalue weighted by atomic mass is 9.68. The molecule has 1 aliphatic carbocycles. The number of alkyl halides is 1. The Balaban J connectivity index is 2.08. The van der Waals surface area contributed by atoms with E-state index < -0.39 is 0 Å². The maximum absolute atomic E-state index is 6.30. The molecular weight excluding hydrogens is 320 g/mol. The lowest BCUT2D eigenvalue weighted by molar-refractivity contribution is 0.146. The van der Waals surface area contributed by atoms with Crippen LogP contribution in [0.2, 0.25) is 5.02 Å². The maximum Gasteiger partial charge on any atom is 0.0438 e. The molecular formula is C17H24BrCl. The van der Waals surface area contributed by atoms with E-state index in [1.54, 1.807) is 0 Å². The molecule has 2 heteroatoms. The summed E-state index contributed by atoms with van der Waals surface area (Å²) >= 11 is 10.2. The third-order valence-corrected chi connectivity index (χ3v) is 6.13. The van der Waals surface area contributed by atoms with Crippen molar-refractivity contribution in [1.29, 1.82) is 0 Å². The molecule has 0 saturated heterocycles. The predicted molar refractivity (Wildman–Crippen MR) is 88.2 cm³/mol. The molecule has 1 aromatic rings. The van der Waals surface area contributed by atoms with Crippen LogP contribution < -0.4 is 0 Å². The van der Waals surface area contributed by atoms with Crippen LogP contribution in [0.4, 0.5) is 0 Å². The van der Waals surface area contributed by atoms with Crippen molar-refractivity contribution in [3.8, 4) is 0 Å². The summed E-state index contributed by atoms with van der Waals surface area (Å²) in [7, 11) is 0. The highest BCUT2D eigenvalue weighted by atomic mass is 79.9. The summed E-state index contributed by atoms with van der Waals surface area (Å²) < 4.78 is 0. The van der Waals surface area contributed by atoms with E-state index in [9.17, 15) is 0 Å². The van der Waals surface area contributed by atoms with Gasteiger partial charge >= 0.3 is 0 Å². The van der Waals surface area contributed by atoms with Crippen LogP contribution >= 0.6 is 27.5 Å². The zero-order chi connectivity index (χ0) is 14.0. The Bertz CT molecular complexity index is 422. The number of rotatable bonds is 2. The third kappa shape index (κ3) is 3.98. The summed E-state index contributed by atoms with van der Waals surface area (Å²) in [5.74, 6) is 1.53. The van der Waals surface area contributed by atoms with Gasteiger partial charge in [0.25, 0.3) is 0 Å². The predicted octanol–water partition coefficient (Wildman–Crippen LogP) is 6.11. The van der Waals surface area contributed by atoms with Gasteiger partial charge in [-0.05, 0) is 54.6 Å². The van der Waals surface area contributed by atoms with Gasteiger partial charge in [-0.25, -0.2) is 0 Å². The molecule has 106 valence electrons. The molecule has 1 aromatic carbocycles. The standard InChI is InChI=1S/C17H24BrCl/c1-17(2,3)14-8-9-15(18)13(11-14)10-12-6-4-5-7-16(12)19/h4-7,13-15H,8-11H2,1-3H3. The largest absolute Gasteiger partial charge is 0.0888 e. The molecule has 1 saturated carbocycles. The molecule has 0 nitrogen and oxygen atoms in total. The van der Waals surface area contributed by atoms with E-state index in [1.165, 1.54) is 24.8 Å². The fraction of sp³-hybridized carbons (Fsp3) is 0.647. The van der Waals surface area contributed by atoms with Gasteiger partial charge in [0.05, 0.1) is 0 Å². The Morgan fingerprint density at radius 3 is 2.53 bits per heavy atom. The first-order chi connectivity index (χ1) is 8.88. The minimum Gasteiger partial charge on any atom is -0.0888 e. The topological polar surface area (TPSA) is 0 Å². The molecule has 1 fully saturated rings. The summed E-state index contributed by atoms with van der Waals surface area (Å²) in [6.07, 6.45) is 5.04. The average molecular weight is 344 g/mol. The first-order valence-corrected chi connectivity index (χ1v) is 8.54. The van der Waals surface area contributed by atoms with Crippen LogP contribution in [0, 0.1) is 17.3 Å². The summed E-state index contributed by atoms with van der Waals surface area (Å²) in [5.41, 5.74) is 1.72. The van der Waals surface area contributed by atoms with Gasteiger partial charge in [-0.3, -0.25) is 0 Å². The zero-order valence-corrected chi connectivity index (χ0v) is 14.5. The second-order valence-electron chi connectivity index (χ2n) is 6.95. The molecule has 3 unspecified atom stereocenters. The molecule has 0 aromatic heterocycles. The van der Waals surface area contributed by atoms with Gasteiger partial charge in [-0.2, -0.15) is 0 Å². The van der Waals surface area contributed by atoms with E-state index in [4.69, 9.17) is 11.6 Å². The van der Waals surface area contributed by atoms with Gasteiger partial charge < -0.3 is 0 Å². The minimum atomic E-state index is 0.422. The summed E-state index contributed by atoms with van der Waals surface area (Å²) in [5, 5.41) is 0.917. The lowest BCUT2D eigenvalue weighted by Crippen LogP contribution is -2.33. The summed E-state index contributed by atoms with van der Waals surface area (Å²) in [6, 6.07) is 8.28. The Morgan fingerprint density at radius 1 is 1.21 bits per heavy atom. The van der Waals surface area contributed by atoms with Gasteiger partial charge in [0.1, 0.15) is 0 Å². The van der Waals surface area contributed by atoms with Crippen molar-refractivity contribution in [1.82, 2.24) is 0 Å². The van der Waals surface area contributed by atoms with Gasteiger partial charge in [-0.15, -0.1) is 0 Å². The number of halogens is 2. The second kappa shape index (κ2) is 6.18. The number of hydrogen-bond donors (Lipinski definition) is 0. The quantitative estimate of drug-likeness (QED) is 0.568. The highest BCUT2D eigenvalue weighted by molar-refractivity contribution is 9.09. The molecule has 1 aliphatic rings. The van der Waals surface area contributed by atoms with E-state index in [0.717, 1.165) is 17.4 Å². The molecule has 3 atom stereocenters. The van der Waals surface area contributed by atoms with Crippen molar-refractivity contribution in [2.75, 3.05) is 0 Å². The van der Waals surface area contributed by atoms with Gasteiger partial charge in [-0.1, -0.05) is 66.5 Å².